The Kier molecular flexibility index (Phi) is 5.44. The Balaban J connectivity index is 1.28. The molecule has 0 N–H and O–H groups in total. The highest BCUT2D eigenvalue weighted by atomic mass is 32.1. The van der Waals surface area contributed by atoms with Gasteiger partial charge in [0.2, 0.25) is 0 Å². The van der Waals surface area contributed by atoms with Crippen molar-refractivity contribution in [2.45, 2.75) is 5.41 Å². The SMILES string of the molecule is c1cncc(-c2nc(-c3ccc4c(c3)C3(c5ccccc5Oc5ccccc53)c3ccc5ccccc5c3-4)c3sc4ccccc4c3n2)c1. The number of thiophene rings is 1. The van der Waals surface area contributed by atoms with Crippen LogP contribution in [-0.2, 0) is 5.41 Å². The summed E-state index contributed by atoms with van der Waals surface area (Å²) < 4.78 is 8.90. The molecule has 1 spiro atoms. The highest BCUT2D eigenvalue weighted by molar-refractivity contribution is 7.26. The largest absolute Gasteiger partial charge is 0.457 e. The van der Waals surface area contributed by atoms with Gasteiger partial charge in [-0.2, -0.15) is 0 Å². The molecule has 0 amide bonds. The fraction of sp³-hybridized carbons (Fsp3) is 0.0227. The first-order valence-electron chi connectivity index (χ1n) is 16.4. The lowest BCUT2D eigenvalue weighted by Crippen LogP contribution is -2.32. The molecule has 0 unspecified atom stereocenters. The van der Waals surface area contributed by atoms with Crippen molar-refractivity contribution in [2.75, 3.05) is 0 Å². The van der Waals surface area contributed by atoms with Crippen LogP contribution in [0.5, 0.6) is 11.5 Å². The number of pyridine rings is 1. The third-order valence-corrected chi connectivity index (χ3v) is 11.4. The fourth-order valence-corrected chi connectivity index (χ4v) is 9.38. The summed E-state index contributed by atoms with van der Waals surface area (Å²) in [7, 11) is 0. The molecule has 49 heavy (non-hydrogen) atoms. The lowest BCUT2D eigenvalue weighted by Gasteiger charge is -2.39. The molecule has 4 nitrogen and oxygen atoms in total. The zero-order valence-electron chi connectivity index (χ0n) is 26.1. The molecule has 1 aliphatic heterocycles. The number of benzene rings is 6. The molecule has 1 aliphatic carbocycles. The van der Waals surface area contributed by atoms with Gasteiger partial charge in [0.05, 0.1) is 21.3 Å². The van der Waals surface area contributed by atoms with Gasteiger partial charge in [-0.25, -0.2) is 9.97 Å². The molecule has 5 heteroatoms. The van der Waals surface area contributed by atoms with Crippen molar-refractivity contribution in [3.05, 3.63) is 174 Å². The minimum absolute atomic E-state index is 0.589. The van der Waals surface area contributed by atoms with E-state index in [9.17, 15) is 0 Å². The van der Waals surface area contributed by atoms with E-state index in [1.807, 2.05) is 18.3 Å². The van der Waals surface area contributed by atoms with Gasteiger partial charge in [0.25, 0.3) is 0 Å². The maximum Gasteiger partial charge on any atom is 0.162 e. The van der Waals surface area contributed by atoms with Crippen molar-refractivity contribution in [1.82, 2.24) is 15.0 Å². The molecule has 0 saturated heterocycles. The predicted octanol–water partition coefficient (Wildman–Crippen LogP) is 11.2. The summed E-state index contributed by atoms with van der Waals surface area (Å²) in [5, 5.41) is 3.62. The molecule has 2 aliphatic rings. The summed E-state index contributed by atoms with van der Waals surface area (Å²) in [4.78, 5) is 14.9. The molecule has 0 radical (unpaired) electrons. The van der Waals surface area contributed by atoms with Gasteiger partial charge in [0.15, 0.2) is 5.82 Å². The van der Waals surface area contributed by atoms with Gasteiger partial charge in [-0.1, -0.05) is 103 Å². The summed E-state index contributed by atoms with van der Waals surface area (Å²) in [6.45, 7) is 0. The van der Waals surface area contributed by atoms with Gasteiger partial charge in [0, 0.05) is 44.7 Å². The molecule has 0 atom stereocenters. The smallest absolute Gasteiger partial charge is 0.162 e. The first kappa shape index (κ1) is 26.9. The van der Waals surface area contributed by atoms with Crippen molar-refractivity contribution in [3.8, 4) is 45.3 Å². The number of hydrogen-bond acceptors (Lipinski definition) is 5. The molecule has 3 aromatic heterocycles. The zero-order chi connectivity index (χ0) is 32.1. The maximum absolute atomic E-state index is 6.63. The number of aromatic nitrogens is 3. The fourth-order valence-electron chi connectivity index (χ4n) is 8.22. The van der Waals surface area contributed by atoms with Gasteiger partial charge in [-0.05, 0) is 69.4 Å². The van der Waals surface area contributed by atoms with E-state index < -0.39 is 5.41 Å². The Morgan fingerprint density at radius 2 is 1.33 bits per heavy atom. The van der Waals surface area contributed by atoms with Gasteiger partial charge < -0.3 is 4.74 Å². The number of para-hydroxylation sites is 2. The monoisotopic (exact) mass is 643 g/mol. The van der Waals surface area contributed by atoms with E-state index in [1.54, 1.807) is 17.5 Å². The second-order valence-corrected chi connectivity index (χ2v) is 13.8. The standard InChI is InChI=1S/C44H25N3OS/c1-2-12-29-26(10-1)20-22-34-39(29)30-21-19-27(24-35(30)44(34)32-14-4-6-16-36(32)48-37-17-7-5-15-33(37)44)40-42-41(31-13-3-8-18-38(31)49-42)47-43(46-40)28-11-9-23-45-25-28/h1-25H. The Labute approximate surface area is 286 Å². The lowest BCUT2D eigenvalue weighted by molar-refractivity contribution is 0.436. The number of nitrogens with zero attached hydrogens (tertiary/aromatic N) is 3. The van der Waals surface area contributed by atoms with Crippen LogP contribution in [0.25, 0.3) is 64.8 Å². The molecule has 0 saturated carbocycles. The first-order chi connectivity index (χ1) is 24.3. The molecule has 6 aromatic carbocycles. The van der Waals surface area contributed by atoms with Gasteiger partial charge >= 0.3 is 0 Å². The van der Waals surface area contributed by atoms with Crippen LogP contribution < -0.4 is 4.74 Å². The van der Waals surface area contributed by atoms with Crippen molar-refractivity contribution in [1.29, 1.82) is 0 Å². The average Bonchev–Trinajstić information content (AvgIpc) is 3.69. The van der Waals surface area contributed by atoms with Crippen LogP contribution in [0.3, 0.4) is 0 Å². The number of rotatable bonds is 2. The predicted molar refractivity (Wildman–Crippen MR) is 198 cm³/mol. The van der Waals surface area contributed by atoms with E-state index in [1.165, 1.54) is 37.7 Å². The molecule has 4 heterocycles. The van der Waals surface area contributed by atoms with Crippen LogP contribution in [0.15, 0.2) is 152 Å². The van der Waals surface area contributed by atoms with E-state index in [0.717, 1.165) is 55.0 Å². The molecule has 11 rings (SSSR count). The van der Waals surface area contributed by atoms with Crippen LogP contribution in [0, 0.1) is 0 Å². The minimum Gasteiger partial charge on any atom is -0.457 e. The summed E-state index contributed by atoms with van der Waals surface area (Å²) in [6, 6.07) is 49.8. The zero-order valence-corrected chi connectivity index (χ0v) is 26.9. The van der Waals surface area contributed by atoms with E-state index >= 15 is 0 Å². The van der Waals surface area contributed by atoms with Gasteiger partial charge in [-0.3, -0.25) is 4.98 Å². The third-order valence-electron chi connectivity index (χ3n) is 10.2. The lowest BCUT2D eigenvalue weighted by atomic mass is 9.66. The molecular formula is C44H25N3OS. The third kappa shape index (κ3) is 3.60. The quantitative estimate of drug-likeness (QED) is 0.188. The van der Waals surface area contributed by atoms with Crippen molar-refractivity contribution >= 4 is 42.4 Å². The maximum atomic E-state index is 6.63. The van der Waals surface area contributed by atoms with Crippen LogP contribution in [-0.4, -0.2) is 15.0 Å². The van der Waals surface area contributed by atoms with Crippen LogP contribution in [0.2, 0.25) is 0 Å². The molecule has 0 bridgehead atoms. The number of fused-ring (bicyclic) bond motifs is 14. The summed E-state index contributed by atoms with van der Waals surface area (Å²) in [5.74, 6) is 2.43. The van der Waals surface area contributed by atoms with Crippen LogP contribution in [0.1, 0.15) is 22.3 Å². The molecular weight excluding hydrogens is 619 g/mol. The average molecular weight is 644 g/mol. The molecule has 0 fully saturated rings. The van der Waals surface area contributed by atoms with E-state index in [2.05, 4.69) is 132 Å². The van der Waals surface area contributed by atoms with Crippen LogP contribution in [0.4, 0.5) is 0 Å². The van der Waals surface area contributed by atoms with E-state index in [-0.39, 0.29) is 0 Å². The normalized spacial score (nSPS) is 13.6. The molecule has 9 aromatic rings. The van der Waals surface area contributed by atoms with Crippen molar-refractivity contribution in [2.24, 2.45) is 0 Å². The second kappa shape index (κ2) is 9.92. The Bertz CT molecular complexity index is 2780. The highest BCUT2D eigenvalue weighted by Crippen LogP contribution is 2.63. The van der Waals surface area contributed by atoms with Gasteiger partial charge in [0.1, 0.15) is 11.5 Å². The molecule has 228 valence electrons. The minimum atomic E-state index is -0.589. The summed E-state index contributed by atoms with van der Waals surface area (Å²) in [5.41, 5.74) is 10.6. The van der Waals surface area contributed by atoms with Crippen molar-refractivity contribution in [3.63, 3.8) is 0 Å². The summed E-state index contributed by atoms with van der Waals surface area (Å²) >= 11 is 1.75. The second-order valence-electron chi connectivity index (χ2n) is 12.7. The Hall–Kier alpha value is -6.17. The topological polar surface area (TPSA) is 47.9 Å². The Morgan fingerprint density at radius 1 is 0.571 bits per heavy atom. The van der Waals surface area contributed by atoms with E-state index in [0.29, 0.717) is 5.82 Å². The van der Waals surface area contributed by atoms with Gasteiger partial charge in [-0.15, -0.1) is 11.3 Å². The highest BCUT2D eigenvalue weighted by Gasteiger charge is 2.51. The van der Waals surface area contributed by atoms with E-state index in [4.69, 9.17) is 14.7 Å². The van der Waals surface area contributed by atoms with Crippen LogP contribution >= 0.6 is 11.3 Å². The van der Waals surface area contributed by atoms with Crippen molar-refractivity contribution < 1.29 is 4.74 Å². The summed E-state index contributed by atoms with van der Waals surface area (Å²) in [6.07, 6.45) is 3.63. The number of ether oxygens (including phenoxy) is 1. The Morgan fingerprint density at radius 3 is 2.14 bits per heavy atom. The first-order valence-corrected chi connectivity index (χ1v) is 17.2. The number of hydrogen-bond donors (Lipinski definition) is 0.